The van der Waals surface area contributed by atoms with Gasteiger partial charge in [-0.15, -0.1) is 0 Å². The molecule has 0 heterocycles. The van der Waals surface area contributed by atoms with E-state index in [1.807, 2.05) is 33.3 Å². The highest BCUT2D eigenvalue weighted by atomic mass is 31.2. The van der Waals surface area contributed by atoms with Crippen LogP contribution in [0.3, 0.4) is 0 Å². The third-order valence-corrected chi connectivity index (χ3v) is 13.7. The number of quaternary nitrogens is 1. The first-order chi connectivity index (χ1) is 36.4. The number of carbonyl (C=O) groups excluding carboxylic acids is 2. The van der Waals surface area contributed by atoms with Crippen LogP contribution >= 0.6 is 7.82 Å². The smallest absolute Gasteiger partial charge is 0.456 e. The molecule has 0 aliphatic rings. The minimum Gasteiger partial charge on any atom is -0.456 e. The number of likely N-dealkylation sites (N-methyl/N-ethyl adjacent to an activating group) is 1. The topological polar surface area (TPSA) is 111 Å². The van der Waals surface area contributed by atoms with E-state index >= 15 is 0 Å². The Bertz CT molecular complexity index is 1650. The highest BCUT2D eigenvalue weighted by Crippen LogP contribution is 2.43. The maximum absolute atomic E-state index is 13.5. The number of nitrogens with zero attached hydrogens (tertiary/aromatic N) is 1. The Hall–Kier alpha value is -3.33. The summed E-state index contributed by atoms with van der Waals surface area (Å²) in [5, 5.41) is 3.03. The molecule has 3 atom stereocenters. The van der Waals surface area contributed by atoms with Gasteiger partial charge in [-0.2, -0.15) is 0 Å². The Morgan fingerprint density at radius 1 is 0.480 bits per heavy atom. The number of unbranched alkanes of at least 4 members (excludes halogenated alkanes) is 21. The van der Waals surface area contributed by atoms with E-state index in [1.165, 1.54) is 70.6 Å². The summed E-state index contributed by atoms with van der Waals surface area (Å²) in [4.78, 5) is 37.7. The number of rotatable bonds is 53. The summed E-state index contributed by atoms with van der Waals surface area (Å²) in [6.07, 6.45) is 73.7. The highest BCUT2D eigenvalue weighted by Gasteiger charge is 2.30. The molecule has 0 radical (unpaired) electrons. The third kappa shape index (κ3) is 55.2. The van der Waals surface area contributed by atoms with Crippen molar-refractivity contribution in [2.24, 2.45) is 0 Å². The number of carbonyl (C=O) groups is 2. The average molecular weight is 1070 g/mol. The monoisotopic (exact) mass is 1070 g/mol. The molecular weight excluding hydrogens is 952 g/mol. The van der Waals surface area contributed by atoms with Gasteiger partial charge >= 0.3 is 13.8 Å². The molecule has 0 rings (SSSR count). The van der Waals surface area contributed by atoms with Gasteiger partial charge in [0.15, 0.2) is 0 Å². The third-order valence-electron chi connectivity index (χ3n) is 12.7. The standard InChI is InChI=1S/C65H113N2O7P/c1-7-10-13-16-19-22-25-27-29-31-33-35-37-39-42-45-48-51-54-57-64(68)66-62(61-73-75(70,71)72-60-59-67(4,5)6)63(56-53-50-47-44-41-24-21-18-15-12-9-3)74-65(69)58-55-52-49-46-43-40-38-36-34-32-30-28-26-23-20-17-14-11-8-2/h11,14,19-20,22-23,27-30,33-36,40,43,53,56,62-63H,7-10,12-13,15-18,21,24-26,31-32,37-39,41-42,44-52,54-55,57-61H2,1-6H3,(H-,66,68,70,71)/p+1/b14-11-,22-19-,23-20-,29-27-,30-28-,35-33-,36-34-,43-40-,56-53+. The Morgan fingerprint density at radius 2 is 0.853 bits per heavy atom. The van der Waals surface area contributed by atoms with E-state index in [0.717, 1.165) is 128 Å². The fraction of sp³-hybridized carbons (Fsp3) is 0.692. The van der Waals surface area contributed by atoms with Crippen LogP contribution < -0.4 is 5.32 Å². The van der Waals surface area contributed by atoms with Crippen molar-refractivity contribution < 1.29 is 37.3 Å². The molecule has 0 aromatic heterocycles. The molecule has 75 heavy (non-hydrogen) atoms. The number of ether oxygens (including phenoxy) is 1. The summed E-state index contributed by atoms with van der Waals surface area (Å²) in [5.41, 5.74) is 0. The second kappa shape index (κ2) is 54.0. The zero-order valence-corrected chi connectivity index (χ0v) is 49.9. The van der Waals surface area contributed by atoms with Crippen molar-refractivity contribution in [3.8, 4) is 0 Å². The van der Waals surface area contributed by atoms with Gasteiger partial charge in [0.25, 0.3) is 0 Å². The lowest BCUT2D eigenvalue weighted by molar-refractivity contribution is -0.870. The van der Waals surface area contributed by atoms with E-state index in [-0.39, 0.29) is 31.5 Å². The number of allylic oxidation sites excluding steroid dienone is 17. The fourth-order valence-electron chi connectivity index (χ4n) is 8.03. The van der Waals surface area contributed by atoms with E-state index in [2.05, 4.69) is 123 Å². The first-order valence-electron chi connectivity index (χ1n) is 30.2. The first-order valence-corrected chi connectivity index (χ1v) is 31.7. The second-order valence-corrected chi connectivity index (χ2v) is 22.6. The van der Waals surface area contributed by atoms with Gasteiger partial charge < -0.3 is 19.4 Å². The summed E-state index contributed by atoms with van der Waals surface area (Å²) in [6, 6.07) is -0.876. The Morgan fingerprint density at radius 3 is 1.32 bits per heavy atom. The number of phosphoric ester groups is 1. The van der Waals surface area contributed by atoms with Crippen LogP contribution in [0.4, 0.5) is 0 Å². The fourth-order valence-corrected chi connectivity index (χ4v) is 8.77. The Balaban J connectivity index is 5.35. The van der Waals surface area contributed by atoms with Crippen molar-refractivity contribution in [3.05, 3.63) is 109 Å². The molecule has 0 fully saturated rings. The molecule has 0 saturated carbocycles. The van der Waals surface area contributed by atoms with E-state index < -0.39 is 20.0 Å². The predicted molar refractivity (Wildman–Crippen MR) is 323 cm³/mol. The summed E-state index contributed by atoms with van der Waals surface area (Å²) in [5.74, 6) is -0.565. The lowest BCUT2D eigenvalue weighted by atomic mass is 10.1. The minimum absolute atomic E-state index is 0.0261. The van der Waals surface area contributed by atoms with Gasteiger partial charge in [-0.3, -0.25) is 18.6 Å². The minimum atomic E-state index is -4.46. The van der Waals surface area contributed by atoms with Crippen LogP contribution in [0.1, 0.15) is 239 Å². The molecular formula is C65H114N2O7P+. The van der Waals surface area contributed by atoms with Crippen molar-refractivity contribution in [2.75, 3.05) is 40.9 Å². The zero-order chi connectivity index (χ0) is 55.0. The van der Waals surface area contributed by atoms with E-state index in [9.17, 15) is 19.0 Å². The molecule has 0 spiro atoms. The molecule has 1 amide bonds. The molecule has 430 valence electrons. The van der Waals surface area contributed by atoms with Crippen LogP contribution in [-0.2, 0) is 27.9 Å². The number of nitrogens with one attached hydrogen (secondary N) is 1. The predicted octanol–water partition coefficient (Wildman–Crippen LogP) is 18.6. The number of phosphoric acid groups is 1. The van der Waals surface area contributed by atoms with E-state index in [4.69, 9.17) is 13.8 Å². The van der Waals surface area contributed by atoms with Gasteiger partial charge in [0.1, 0.15) is 19.3 Å². The van der Waals surface area contributed by atoms with Gasteiger partial charge in [0.05, 0.1) is 33.8 Å². The van der Waals surface area contributed by atoms with Crippen LogP contribution in [0.25, 0.3) is 0 Å². The quantitative estimate of drug-likeness (QED) is 0.0205. The molecule has 10 heteroatoms. The van der Waals surface area contributed by atoms with Gasteiger partial charge in [0.2, 0.25) is 5.91 Å². The summed E-state index contributed by atoms with van der Waals surface area (Å²) in [6.45, 7) is 6.82. The van der Waals surface area contributed by atoms with Crippen molar-refractivity contribution in [2.45, 2.75) is 251 Å². The summed E-state index contributed by atoms with van der Waals surface area (Å²) < 4.78 is 30.6. The molecule has 0 bridgehead atoms. The Labute approximate surface area is 461 Å². The highest BCUT2D eigenvalue weighted by molar-refractivity contribution is 7.47. The maximum Gasteiger partial charge on any atom is 0.472 e. The molecule has 0 aliphatic heterocycles. The lowest BCUT2D eigenvalue weighted by Gasteiger charge is -2.27. The van der Waals surface area contributed by atoms with E-state index in [0.29, 0.717) is 23.9 Å². The number of amides is 1. The van der Waals surface area contributed by atoms with Crippen molar-refractivity contribution >= 4 is 19.7 Å². The largest absolute Gasteiger partial charge is 0.472 e. The molecule has 3 unspecified atom stereocenters. The second-order valence-electron chi connectivity index (χ2n) is 21.1. The van der Waals surface area contributed by atoms with Crippen molar-refractivity contribution in [1.82, 2.24) is 5.32 Å². The molecule has 0 saturated heterocycles. The summed E-state index contributed by atoms with van der Waals surface area (Å²) in [7, 11) is 1.45. The molecule has 0 aromatic carbocycles. The molecule has 0 aliphatic carbocycles. The number of hydrogen-bond acceptors (Lipinski definition) is 6. The number of hydrogen-bond donors (Lipinski definition) is 2. The van der Waals surface area contributed by atoms with Crippen molar-refractivity contribution in [1.29, 1.82) is 0 Å². The van der Waals surface area contributed by atoms with Crippen LogP contribution in [0, 0.1) is 0 Å². The van der Waals surface area contributed by atoms with Gasteiger partial charge in [-0.1, -0.05) is 220 Å². The van der Waals surface area contributed by atoms with Crippen molar-refractivity contribution in [3.63, 3.8) is 0 Å². The van der Waals surface area contributed by atoms with Gasteiger partial charge in [-0.05, 0) is 115 Å². The van der Waals surface area contributed by atoms with E-state index in [1.54, 1.807) is 0 Å². The Kier molecular flexibility index (Phi) is 51.6. The normalized spacial score (nSPS) is 14.5. The van der Waals surface area contributed by atoms with Crippen LogP contribution in [0.5, 0.6) is 0 Å². The molecule has 0 aromatic rings. The van der Waals surface area contributed by atoms with Gasteiger partial charge in [-0.25, -0.2) is 4.57 Å². The molecule has 2 N–H and O–H groups in total. The van der Waals surface area contributed by atoms with Gasteiger partial charge in [0, 0.05) is 12.8 Å². The zero-order valence-electron chi connectivity index (χ0n) is 49.0. The average Bonchev–Trinajstić information content (AvgIpc) is 3.37. The first kappa shape index (κ1) is 71.7. The van der Waals surface area contributed by atoms with Crippen LogP contribution in [-0.4, -0.2) is 74.3 Å². The molecule has 9 nitrogen and oxygen atoms in total. The number of esters is 1. The summed E-state index contributed by atoms with van der Waals surface area (Å²) >= 11 is 0. The maximum atomic E-state index is 13.5. The van der Waals surface area contributed by atoms with Crippen LogP contribution in [0.15, 0.2) is 109 Å². The SMILES string of the molecule is CC/C=C\C/C=C\C/C=C\C/C=C\C/C=C\CCCCCC(=O)OC(/C=C/CCCCCCCCCCC)C(COP(=O)(O)OCC[N+](C)(C)C)NC(=O)CCCCCCCC/C=C\C/C=C\C/C=C\CCCCC. The van der Waals surface area contributed by atoms with Crippen LogP contribution in [0.2, 0.25) is 0 Å². The lowest BCUT2D eigenvalue weighted by Crippen LogP contribution is -2.47.